The van der Waals surface area contributed by atoms with Crippen LogP contribution in [0.5, 0.6) is 0 Å². The monoisotopic (exact) mass is 502 g/mol. The Hall–Kier alpha value is -2.34. The predicted molar refractivity (Wildman–Crippen MR) is 129 cm³/mol. The van der Waals surface area contributed by atoms with Gasteiger partial charge in [0.1, 0.15) is 0 Å². The van der Waals surface area contributed by atoms with Crippen molar-refractivity contribution in [2.75, 3.05) is 4.90 Å². The van der Waals surface area contributed by atoms with Crippen LogP contribution in [0.2, 0.25) is 0 Å². The summed E-state index contributed by atoms with van der Waals surface area (Å²) in [6.07, 6.45) is 1.80. The summed E-state index contributed by atoms with van der Waals surface area (Å²) in [5.41, 5.74) is 3.77. The molecule has 4 atom stereocenters. The molecule has 8 heteroatoms. The Morgan fingerprint density at radius 1 is 0.909 bits per heavy atom. The van der Waals surface area contributed by atoms with Crippen molar-refractivity contribution >= 4 is 63.8 Å². The number of rotatable bonds is 3. The van der Waals surface area contributed by atoms with E-state index in [9.17, 15) is 14.4 Å². The summed E-state index contributed by atoms with van der Waals surface area (Å²) in [6, 6.07) is 18.5. The fraction of sp³-hybridized carbons (Fsp3) is 0.320. The van der Waals surface area contributed by atoms with E-state index in [0.717, 1.165) is 16.7 Å². The first-order valence-electron chi connectivity index (χ1n) is 10.8. The minimum atomic E-state index is -2.10. The number of amides is 3. The molecule has 1 N–H and O–H groups in total. The number of allylic oxidation sites excluding steroid dienone is 1. The lowest BCUT2D eigenvalue weighted by Gasteiger charge is -2.35. The third kappa shape index (κ3) is 3.86. The van der Waals surface area contributed by atoms with E-state index in [2.05, 4.69) is 5.32 Å². The van der Waals surface area contributed by atoms with Crippen LogP contribution >= 0.6 is 34.8 Å². The van der Waals surface area contributed by atoms with Crippen molar-refractivity contribution in [1.29, 1.82) is 0 Å². The van der Waals surface area contributed by atoms with Gasteiger partial charge >= 0.3 is 0 Å². The van der Waals surface area contributed by atoms with E-state index in [4.69, 9.17) is 34.8 Å². The molecule has 5 rings (SSSR count). The van der Waals surface area contributed by atoms with Gasteiger partial charge in [0, 0.05) is 12.0 Å². The summed E-state index contributed by atoms with van der Waals surface area (Å²) >= 11 is 17.4. The largest absolute Gasteiger partial charge is 0.349 e. The zero-order chi connectivity index (χ0) is 23.3. The molecule has 0 bridgehead atoms. The number of fused-ring (bicyclic) bond motifs is 3. The van der Waals surface area contributed by atoms with Gasteiger partial charge in [0.15, 0.2) is 0 Å². The van der Waals surface area contributed by atoms with Gasteiger partial charge < -0.3 is 5.32 Å². The first-order chi connectivity index (χ1) is 15.8. The SMILES string of the molecule is O=C1[C@@H]2[C@H]3C(=C(c4ccccc4)C[C@@H]2C(=O)N1c1ccccc1)CC[C@H]3NC(=O)C(Cl)(Cl)Cl. The van der Waals surface area contributed by atoms with Gasteiger partial charge in [-0.3, -0.25) is 19.3 Å². The van der Waals surface area contributed by atoms with E-state index in [-0.39, 0.29) is 17.7 Å². The summed E-state index contributed by atoms with van der Waals surface area (Å²) < 4.78 is -2.10. The highest BCUT2D eigenvalue weighted by Gasteiger charge is 2.58. The Kier molecular flexibility index (Phi) is 5.76. The average molecular weight is 504 g/mol. The molecule has 1 heterocycles. The van der Waals surface area contributed by atoms with E-state index in [1.807, 2.05) is 36.4 Å². The van der Waals surface area contributed by atoms with Gasteiger partial charge in [-0.05, 0) is 42.5 Å². The lowest BCUT2D eigenvalue weighted by atomic mass is 9.68. The lowest BCUT2D eigenvalue weighted by Crippen LogP contribution is -2.48. The summed E-state index contributed by atoms with van der Waals surface area (Å²) in [5.74, 6) is -2.57. The van der Waals surface area contributed by atoms with Crippen molar-refractivity contribution in [2.24, 2.45) is 17.8 Å². The van der Waals surface area contributed by atoms with Crippen molar-refractivity contribution < 1.29 is 14.4 Å². The highest BCUT2D eigenvalue weighted by atomic mass is 35.6. The molecule has 0 aromatic heterocycles. The minimum absolute atomic E-state index is 0.206. The number of carbonyl (C=O) groups excluding carboxylic acids is 3. The molecule has 1 saturated heterocycles. The third-order valence-corrected chi connectivity index (χ3v) is 7.46. The summed E-state index contributed by atoms with van der Waals surface area (Å²) in [6.45, 7) is 0. The van der Waals surface area contributed by atoms with Gasteiger partial charge in [-0.2, -0.15) is 0 Å². The van der Waals surface area contributed by atoms with Crippen molar-refractivity contribution in [3.63, 3.8) is 0 Å². The smallest absolute Gasteiger partial charge is 0.272 e. The second-order valence-electron chi connectivity index (χ2n) is 8.70. The zero-order valence-corrected chi connectivity index (χ0v) is 19.8. The number of imide groups is 1. The topological polar surface area (TPSA) is 66.5 Å². The number of carbonyl (C=O) groups is 3. The molecule has 2 aromatic rings. The van der Waals surface area contributed by atoms with Gasteiger partial charge in [0.25, 0.3) is 9.70 Å². The van der Waals surface area contributed by atoms with E-state index >= 15 is 0 Å². The van der Waals surface area contributed by atoms with Crippen molar-refractivity contribution in [3.8, 4) is 0 Å². The number of para-hydroxylation sites is 1. The van der Waals surface area contributed by atoms with Crippen LogP contribution in [0, 0.1) is 17.8 Å². The molecule has 33 heavy (non-hydrogen) atoms. The van der Waals surface area contributed by atoms with Crippen molar-refractivity contribution in [2.45, 2.75) is 29.1 Å². The first kappa shape index (κ1) is 22.5. The Bertz CT molecular complexity index is 1140. The Balaban J connectivity index is 1.58. The summed E-state index contributed by atoms with van der Waals surface area (Å²) in [4.78, 5) is 41.0. The van der Waals surface area contributed by atoms with Crippen LogP contribution in [0.3, 0.4) is 0 Å². The maximum atomic E-state index is 13.7. The second-order valence-corrected chi connectivity index (χ2v) is 11.0. The van der Waals surface area contributed by atoms with E-state index < -0.39 is 27.6 Å². The van der Waals surface area contributed by atoms with E-state index in [1.165, 1.54) is 4.90 Å². The van der Waals surface area contributed by atoms with Crippen LogP contribution < -0.4 is 10.2 Å². The summed E-state index contributed by atoms with van der Waals surface area (Å²) in [5, 5.41) is 2.84. The fourth-order valence-corrected chi connectivity index (χ4v) is 5.79. The molecular formula is C25H21Cl3N2O3. The van der Waals surface area contributed by atoms with Crippen LogP contribution in [0.4, 0.5) is 5.69 Å². The molecule has 1 aliphatic heterocycles. The van der Waals surface area contributed by atoms with Crippen LogP contribution in [0.25, 0.3) is 5.57 Å². The van der Waals surface area contributed by atoms with Gasteiger partial charge in [-0.25, -0.2) is 0 Å². The molecule has 3 aliphatic rings. The molecule has 3 amide bonds. The molecule has 2 aliphatic carbocycles. The second kappa shape index (κ2) is 8.46. The predicted octanol–water partition coefficient (Wildman–Crippen LogP) is 4.91. The molecule has 0 unspecified atom stereocenters. The Morgan fingerprint density at radius 2 is 1.55 bits per heavy atom. The highest BCUT2D eigenvalue weighted by Crippen LogP contribution is 2.54. The van der Waals surface area contributed by atoms with Crippen LogP contribution in [0.1, 0.15) is 24.8 Å². The molecule has 170 valence electrons. The molecule has 5 nitrogen and oxygen atoms in total. The molecule has 2 fully saturated rings. The van der Waals surface area contributed by atoms with E-state index in [1.54, 1.807) is 24.3 Å². The molecule has 1 saturated carbocycles. The average Bonchev–Trinajstić information content (AvgIpc) is 3.32. The Labute approximate surface area is 206 Å². The standard InChI is InChI=1S/C25H21Cl3N2O3/c26-25(27,28)24(33)29-19-12-11-16-17(14-7-3-1-4-8-14)13-18-21(20(16)19)23(32)30(22(18)31)15-9-5-2-6-10-15/h1-10,18-21H,11-13H2,(H,29,33)/t18-,19+,20-,21-/m0/s1. The lowest BCUT2D eigenvalue weighted by molar-refractivity contribution is -0.124. The quantitative estimate of drug-likeness (QED) is 0.478. The van der Waals surface area contributed by atoms with Gasteiger partial charge in [0.2, 0.25) is 11.8 Å². The van der Waals surface area contributed by atoms with Gasteiger partial charge in [-0.15, -0.1) is 0 Å². The van der Waals surface area contributed by atoms with E-state index in [0.29, 0.717) is 24.9 Å². The Morgan fingerprint density at radius 3 is 2.18 bits per heavy atom. The fourth-order valence-electron chi connectivity index (χ4n) is 5.62. The number of nitrogens with zero attached hydrogens (tertiary/aromatic N) is 1. The number of nitrogens with one attached hydrogen (secondary N) is 1. The number of hydrogen-bond acceptors (Lipinski definition) is 3. The number of halogens is 3. The number of benzene rings is 2. The number of hydrogen-bond donors (Lipinski definition) is 1. The minimum Gasteiger partial charge on any atom is -0.349 e. The molecule has 2 aromatic carbocycles. The number of alkyl halides is 3. The maximum absolute atomic E-state index is 13.7. The first-order valence-corrected chi connectivity index (χ1v) is 12.0. The normalized spacial score (nSPS) is 26.9. The molecule has 0 spiro atoms. The van der Waals surface area contributed by atoms with Crippen molar-refractivity contribution in [3.05, 3.63) is 71.8 Å². The third-order valence-electron chi connectivity index (χ3n) is 6.95. The number of anilines is 1. The van der Waals surface area contributed by atoms with Crippen molar-refractivity contribution in [1.82, 2.24) is 5.32 Å². The molecule has 0 radical (unpaired) electrons. The zero-order valence-electron chi connectivity index (χ0n) is 17.5. The van der Waals surface area contributed by atoms with Gasteiger partial charge in [-0.1, -0.05) is 88.9 Å². The van der Waals surface area contributed by atoms with Crippen LogP contribution in [0.15, 0.2) is 66.2 Å². The summed E-state index contributed by atoms with van der Waals surface area (Å²) in [7, 11) is 0. The molecular weight excluding hydrogens is 483 g/mol. The van der Waals surface area contributed by atoms with Crippen LogP contribution in [-0.2, 0) is 14.4 Å². The van der Waals surface area contributed by atoms with Crippen LogP contribution in [-0.4, -0.2) is 27.6 Å². The highest BCUT2D eigenvalue weighted by molar-refractivity contribution is 6.76. The maximum Gasteiger partial charge on any atom is 0.272 e. The van der Waals surface area contributed by atoms with Gasteiger partial charge in [0.05, 0.1) is 17.5 Å².